The molecule has 0 saturated heterocycles. The number of anilines is 3. The van der Waals surface area contributed by atoms with Gasteiger partial charge in [-0.2, -0.15) is 0 Å². The Labute approximate surface area is 227 Å². The first-order valence-electron chi connectivity index (χ1n) is 11.8. The number of fused-ring (bicyclic) bond motifs is 1. The van der Waals surface area contributed by atoms with Crippen LogP contribution in [0.2, 0.25) is 5.02 Å². The maximum Gasteiger partial charge on any atom is 0.266 e. The Morgan fingerprint density at radius 1 is 1.00 bits per heavy atom. The Morgan fingerprint density at radius 2 is 1.74 bits per heavy atom. The van der Waals surface area contributed by atoms with Crippen molar-refractivity contribution in [3.63, 3.8) is 0 Å². The molecule has 3 aromatic heterocycles. The maximum atomic E-state index is 15.0. The van der Waals surface area contributed by atoms with Gasteiger partial charge in [-0.3, -0.25) is 9.36 Å². The lowest BCUT2D eigenvalue weighted by Crippen LogP contribution is -2.26. The number of halogens is 3. The summed E-state index contributed by atoms with van der Waals surface area (Å²) in [5, 5.41) is 4.06. The van der Waals surface area contributed by atoms with Crippen molar-refractivity contribution in [3.8, 4) is 17.2 Å². The molecule has 0 fully saturated rings. The molecule has 0 bridgehead atoms. The van der Waals surface area contributed by atoms with E-state index in [2.05, 4.69) is 15.3 Å². The first-order valence-corrected chi connectivity index (χ1v) is 12.2. The second-order valence-electron chi connectivity index (χ2n) is 8.99. The summed E-state index contributed by atoms with van der Waals surface area (Å²) in [6.45, 7) is 0.466. The van der Waals surface area contributed by atoms with Gasteiger partial charge in [0.05, 0.1) is 5.39 Å². The van der Waals surface area contributed by atoms with Crippen LogP contribution < -0.4 is 21.3 Å². The molecule has 0 saturated carbocycles. The lowest BCUT2D eigenvalue weighted by Gasteiger charge is -2.19. The Hall–Kier alpha value is -4.54. The van der Waals surface area contributed by atoms with Crippen LogP contribution in [-0.2, 0) is 6.54 Å². The monoisotopic (exact) mass is 548 g/mol. The Balaban J connectivity index is 1.55. The van der Waals surface area contributed by atoms with Gasteiger partial charge in [0, 0.05) is 48.1 Å². The highest BCUT2D eigenvalue weighted by atomic mass is 35.5. The molecule has 0 aliphatic rings. The van der Waals surface area contributed by atoms with Crippen molar-refractivity contribution in [2.45, 2.75) is 6.54 Å². The summed E-state index contributed by atoms with van der Waals surface area (Å²) in [7, 11) is 3.78. The number of pyridine rings is 3. The summed E-state index contributed by atoms with van der Waals surface area (Å²) in [4.78, 5) is 24.0. The minimum atomic E-state index is -0.677. The lowest BCUT2D eigenvalue weighted by molar-refractivity contribution is 0.392. The van der Waals surface area contributed by atoms with Gasteiger partial charge >= 0.3 is 0 Å². The average molecular weight is 549 g/mol. The zero-order valence-electron chi connectivity index (χ0n) is 21.0. The van der Waals surface area contributed by atoms with Crippen molar-refractivity contribution >= 4 is 39.7 Å². The molecule has 0 aliphatic carbocycles. The number of nitrogens with zero attached hydrogens (tertiary/aromatic N) is 4. The van der Waals surface area contributed by atoms with E-state index in [0.29, 0.717) is 34.4 Å². The molecule has 39 heavy (non-hydrogen) atoms. The topological polar surface area (TPSA) is 98.3 Å². The fourth-order valence-electron chi connectivity index (χ4n) is 4.15. The number of aromatic nitrogens is 3. The number of rotatable bonds is 7. The molecule has 0 radical (unpaired) electrons. The van der Waals surface area contributed by atoms with E-state index < -0.39 is 11.6 Å². The van der Waals surface area contributed by atoms with Crippen molar-refractivity contribution < 1.29 is 13.5 Å². The minimum absolute atomic E-state index is 0.0647. The number of hydrogen-bond donors (Lipinski definition) is 2. The van der Waals surface area contributed by atoms with E-state index in [1.165, 1.54) is 41.1 Å². The summed E-state index contributed by atoms with van der Waals surface area (Å²) in [6, 6.07) is 15.0. The molecule has 0 amide bonds. The summed E-state index contributed by atoms with van der Waals surface area (Å²) < 4.78 is 35.7. The molecule has 3 heterocycles. The number of nitrogen functional groups attached to an aromatic ring is 1. The molecule has 8 nitrogen and oxygen atoms in total. The van der Waals surface area contributed by atoms with Crippen LogP contribution in [0.4, 0.5) is 26.1 Å². The first kappa shape index (κ1) is 26.1. The third kappa shape index (κ3) is 5.38. The highest BCUT2D eigenvalue weighted by Gasteiger charge is 2.17. The van der Waals surface area contributed by atoms with Gasteiger partial charge in [-0.05, 0) is 68.0 Å². The highest BCUT2D eigenvalue weighted by Crippen LogP contribution is 2.34. The third-order valence-corrected chi connectivity index (χ3v) is 6.25. The zero-order valence-corrected chi connectivity index (χ0v) is 21.7. The zero-order chi connectivity index (χ0) is 27.7. The molecule has 2 aromatic carbocycles. The number of nitrogens with two attached hydrogens (primary N) is 1. The lowest BCUT2D eigenvalue weighted by atomic mass is 10.1. The molecular weight excluding hydrogens is 526 g/mol. The number of hydrogen-bond acceptors (Lipinski definition) is 7. The Morgan fingerprint density at radius 3 is 2.46 bits per heavy atom. The fraction of sp³-hybridized carbons (Fsp3) is 0.107. The molecule has 11 heteroatoms. The third-order valence-electron chi connectivity index (χ3n) is 5.87. The molecule has 0 unspecified atom stereocenters. The highest BCUT2D eigenvalue weighted by molar-refractivity contribution is 6.34. The number of ether oxygens (including phenoxy) is 1. The standard InChI is InChI=1S/C28H23ClF2N6O2/c1-36(2)15-20-13-16-9-11-34-27(24(16)28(38)37(20)19-6-3-17(30)4-7-19)35-18-5-8-22(21(31)14-18)39-23-10-12-33-26(32)25(23)29/h3-14H,15H2,1-2H3,(H2,32,33)(H,34,35). The van der Waals surface area contributed by atoms with Crippen LogP contribution in [0, 0.1) is 11.6 Å². The second kappa shape index (κ2) is 10.7. The molecule has 0 spiro atoms. The molecule has 5 aromatic rings. The van der Waals surface area contributed by atoms with Crippen LogP contribution in [0.5, 0.6) is 11.5 Å². The molecule has 5 rings (SSSR count). The van der Waals surface area contributed by atoms with Gasteiger partial charge in [0.15, 0.2) is 17.3 Å². The van der Waals surface area contributed by atoms with E-state index in [1.807, 2.05) is 25.1 Å². The van der Waals surface area contributed by atoms with Gasteiger partial charge in [-0.25, -0.2) is 18.7 Å². The quantitative estimate of drug-likeness (QED) is 0.261. The van der Waals surface area contributed by atoms with E-state index in [-0.39, 0.29) is 33.7 Å². The Kier molecular flexibility index (Phi) is 7.14. The summed E-state index contributed by atoms with van der Waals surface area (Å²) in [5.41, 5.74) is 6.90. The average Bonchev–Trinajstić information content (AvgIpc) is 2.89. The summed E-state index contributed by atoms with van der Waals surface area (Å²) in [6.07, 6.45) is 2.97. The van der Waals surface area contributed by atoms with Crippen molar-refractivity contribution in [1.82, 2.24) is 19.4 Å². The van der Waals surface area contributed by atoms with Crippen LogP contribution in [0.15, 0.2) is 77.9 Å². The van der Waals surface area contributed by atoms with Crippen molar-refractivity contribution in [2.75, 3.05) is 25.1 Å². The number of benzene rings is 2. The van der Waals surface area contributed by atoms with Crippen LogP contribution in [0.1, 0.15) is 5.69 Å². The number of nitrogens with one attached hydrogen (secondary N) is 1. The van der Waals surface area contributed by atoms with Gasteiger partial charge in [0.2, 0.25) is 0 Å². The summed E-state index contributed by atoms with van der Waals surface area (Å²) in [5.74, 6) is -0.698. The Bertz CT molecular complexity index is 1740. The molecule has 0 aliphatic heterocycles. The first-order chi connectivity index (χ1) is 18.7. The molecule has 0 atom stereocenters. The van der Waals surface area contributed by atoms with E-state index in [4.69, 9.17) is 22.1 Å². The molecule has 198 valence electrons. The van der Waals surface area contributed by atoms with E-state index in [0.717, 1.165) is 0 Å². The van der Waals surface area contributed by atoms with E-state index in [1.54, 1.807) is 30.5 Å². The van der Waals surface area contributed by atoms with Crippen LogP contribution in [-0.4, -0.2) is 33.5 Å². The minimum Gasteiger partial charge on any atom is -0.453 e. The van der Waals surface area contributed by atoms with E-state index in [9.17, 15) is 13.6 Å². The maximum absolute atomic E-state index is 15.0. The SMILES string of the molecule is CN(C)Cc1cc2ccnc(Nc3ccc(Oc4ccnc(N)c4Cl)c(F)c3)c2c(=O)n1-c1ccc(F)cc1. The van der Waals surface area contributed by atoms with Crippen LogP contribution >= 0.6 is 11.6 Å². The van der Waals surface area contributed by atoms with Crippen LogP contribution in [0.3, 0.4) is 0 Å². The van der Waals surface area contributed by atoms with Crippen molar-refractivity contribution in [2.24, 2.45) is 0 Å². The van der Waals surface area contributed by atoms with Crippen molar-refractivity contribution in [3.05, 3.63) is 106 Å². The van der Waals surface area contributed by atoms with Crippen molar-refractivity contribution in [1.29, 1.82) is 0 Å². The van der Waals surface area contributed by atoms with Gasteiger partial charge in [-0.1, -0.05) is 11.6 Å². The second-order valence-corrected chi connectivity index (χ2v) is 9.37. The summed E-state index contributed by atoms with van der Waals surface area (Å²) >= 11 is 6.10. The van der Waals surface area contributed by atoms with Gasteiger partial charge in [0.25, 0.3) is 5.56 Å². The molecular formula is C28H23ClF2N6O2. The predicted molar refractivity (Wildman–Crippen MR) is 148 cm³/mol. The van der Waals surface area contributed by atoms with Gasteiger partial charge in [-0.15, -0.1) is 0 Å². The smallest absolute Gasteiger partial charge is 0.266 e. The van der Waals surface area contributed by atoms with Gasteiger partial charge in [0.1, 0.15) is 22.5 Å². The van der Waals surface area contributed by atoms with E-state index >= 15 is 0 Å². The van der Waals surface area contributed by atoms with Crippen LogP contribution in [0.25, 0.3) is 16.5 Å². The van der Waals surface area contributed by atoms with Gasteiger partial charge < -0.3 is 20.7 Å². The fourth-order valence-corrected chi connectivity index (χ4v) is 4.30. The predicted octanol–water partition coefficient (Wildman–Crippen LogP) is 5.89. The normalized spacial score (nSPS) is 11.2. The molecule has 3 N–H and O–H groups in total. The largest absolute Gasteiger partial charge is 0.453 e.